The van der Waals surface area contributed by atoms with Gasteiger partial charge >= 0.3 is 0 Å². The minimum atomic E-state index is -1.45. The van der Waals surface area contributed by atoms with Crippen LogP contribution in [0.15, 0.2) is 36.4 Å². The van der Waals surface area contributed by atoms with Crippen LogP contribution in [0.25, 0.3) is 0 Å². The van der Waals surface area contributed by atoms with Gasteiger partial charge in [0.1, 0.15) is 11.7 Å². The molecule has 0 spiro atoms. The fraction of sp³-hybridized carbons (Fsp3) is 0.391. The molecule has 4 N–H and O–H groups in total. The van der Waals surface area contributed by atoms with Gasteiger partial charge in [-0.1, -0.05) is 31.2 Å². The molecule has 0 saturated heterocycles. The third-order valence-electron chi connectivity index (χ3n) is 5.39. The molecule has 1 aliphatic carbocycles. The second-order valence-electron chi connectivity index (χ2n) is 7.72. The summed E-state index contributed by atoms with van der Waals surface area (Å²) in [5.74, 6) is -1.70. The highest BCUT2D eigenvalue weighted by atomic mass is 35.5. The number of carbonyl (C=O) groups is 1. The van der Waals surface area contributed by atoms with Crippen LogP contribution in [-0.2, 0) is 16.1 Å². The maximum absolute atomic E-state index is 15.1. The quantitative estimate of drug-likeness (QED) is 0.362. The zero-order valence-corrected chi connectivity index (χ0v) is 18.8. The molecule has 0 radical (unpaired) electrons. The van der Waals surface area contributed by atoms with Gasteiger partial charge in [0.05, 0.1) is 12.2 Å². The Morgan fingerprint density at radius 1 is 1.25 bits per heavy atom. The summed E-state index contributed by atoms with van der Waals surface area (Å²) in [7, 11) is 0. The molecule has 1 aliphatic rings. The van der Waals surface area contributed by atoms with Gasteiger partial charge in [-0.3, -0.25) is 10.2 Å². The summed E-state index contributed by atoms with van der Waals surface area (Å²) in [6, 6.07) is 9.06. The van der Waals surface area contributed by atoms with E-state index >= 15 is 4.39 Å². The lowest BCUT2D eigenvalue weighted by Gasteiger charge is -2.20. The summed E-state index contributed by atoms with van der Waals surface area (Å²) in [6.45, 7) is 4.30. The van der Waals surface area contributed by atoms with Crippen molar-refractivity contribution in [1.82, 2.24) is 5.32 Å². The Morgan fingerprint density at radius 3 is 2.47 bits per heavy atom. The van der Waals surface area contributed by atoms with Crippen LogP contribution in [0, 0.1) is 28.9 Å². The third-order valence-corrected chi connectivity index (χ3v) is 5.39. The van der Waals surface area contributed by atoms with Gasteiger partial charge in [0.2, 0.25) is 0 Å². The standard InChI is InChI=1S/C23H27F2N3O3.ClH/c1-3-30-21(23(29)28-11-14-4-6-15(7-5-14)22(26)27)19-17(24)8-9-18(20(19)25)31-12-16-10-13(16)2;/h4-9,13,16,21H,3,10-12H2,1-2H3,(H3,26,27)(H,28,29);1H. The SMILES string of the molecule is CCOC(C(=O)NCc1ccc(C(=N)N)cc1)c1c(F)ccc(OCC2CC2C)c1F.Cl. The van der Waals surface area contributed by atoms with Crippen molar-refractivity contribution in [1.29, 1.82) is 5.41 Å². The van der Waals surface area contributed by atoms with Crippen molar-refractivity contribution in [3.05, 3.63) is 64.7 Å². The molecular formula is C23H28ClF2N3O3. The Hall–Kier alpha value is -2.71. The number of hydrogen-bond acceptors (Lipinski definition) is 4. The molecule has 1 fully saturated rings. The Labute approximate surface area is 192 Å². The molecule has 3 unspecified atom stereocenters. The van der Waals surface area contributed by atoms with Crippen molar-refractivity contribution in [2.45, 2.75) is 32.9 Å². The minimum Gasteiger partial charge on any atom is -0.490 e. The van der Waals surface area contributed by atoms with Crippen LogP contribution in [0.2, 0.25) is 0 Å². The Bertz CT molecular complexity index is 956. The normalized spacial score (nSPS) is 17.8. The molecule has 0 heterocycles. The summed E-state index contributed by atoms with van der Waals surface area (Å²) in [5, 5.41) is 10.1. The molecule has 2 aromatic carbocycles. The van der Waals surface area contributed by atoms with E-state index in [4.69, 9.17) is 20.6 Å². The van der Waals surface area contributed by atoms with Crippen LogP contribution in [0.4, 0.5) is 8.78 Å². The van der Waals surface area contributed by atoms with E-state index in [0.29, 0.717) is 24.0 Å². The minimum absolute atomic E-state index is 0. The van der Waals surface area contributed by atoms with Crippen molar-refractivity contribution in [2.75, 3.05) is 13.2 Å². The summed E-state index contributed by atoms with van der Waals surface area (Å²) in [6.07, 6.45) is -0.433. The van der Waals surface area contributed by atoms with Crippen LogP contribution >= 0.6 is 12.4 Å². The highest BCUT2D eigenvalue weighted by Crippen LogP contribution is 2.38. The summed E-state index contributed by atoms with van der Waals surface area (Å²) in [4.78, 5) is 12.8. The molecule has 3 atom stereocenters. The lowest BCUT2D eigenvalue weighted by atomic mass is 10.1. The number of rotatable bonds is 10. The number of hydrogen-bond donors (Lipinski definition) is 3. The molecule has 9 heteroatoms. The fourth-order valence-electron chi connectivity index (χ4n) is 3.27. The molecule has 32 heavy (non-hydrogen) atoms. The van der Waals surface area contributed by atoms with Crippen molar-refractivity contribution >= 4 is 24.1 Å². The van der Waals surface area contributed by atoms with Gasteiger partial charge in [-0.15, -0.1) is 12.4 Å². The van der Waals surface area contributed by atoms with E-state index in [0.717, 1.165) is 18.1 Å². The van der Waals surface area contributed by atoms with Gasteiger partial charge in [0.15, 0.2) is 17.7 Å². The number of halogens is 3. The molecule has 6 nitrogen and oxygen atoms in total. The average molecular weight is 468 g/mol. The third kappa shape index (κ3) is 6.17. The van der Waals surface area contributed by atoms with Crippen molar-refractivity contribution < 1.29 is 23.0 Å². The topological polar surface area (TPSA) is 97.4 Å². The van der Waals surface area contributed by atoms with Crippen LogP contribution < -0.4 is 15.8 Å². The smallest absolute Gasteiger partial charge is 0.254 e. The zero-order valence-electron chi connectivity index (χ0n) is 18.0. The predicted octanol–water partition coefficient (Wildman–Crippen LogP) is 4.10. The van der Waals surface area contributed by atoms with E-state index in [1.54, 1.807) is 31.2 Å². The lowest BCUT2D eigenvalue weighted by Crippen LogP contribution is -2.32. The molecule has 3 rings (SSSR count). The molecule has 0 aliphatic heterocycles. The number of benzene rings is 2. The predicted molar refractivity (Wildman–Crippen MR) is 120 cm³/mol. The van der Waals surface area contributed by atoms with E-state index in [1.165, 1.54) is 6.07 Å². The van der Waals surface area contributed by atoms with Crippen LogP contribution in [0.3, 0.4) is 0 Å². The van der Waals surface area contributed by atoms with E-state index in [-0.39, 0.29) is 37.1 Å². The molecular weight excluding hydrogens is 440 g/mol. The second-order valence-corrected chi connectivity index (χ2v) is 7.72. The van der Waals surface area contributed by atoms with Crippen LogP contribution in [0.1, 0.15) is 43.1 Å². The first-order chi connectivity index (χ1) is 14.8. The van der Waals surface area contributed by atoms with Crippen molar-refractivity contribution in [2.24, 2.45) is 17.6 Å². The van der Waals surface area contributed by atoms with Gasteiger partial charge in [0, 0.05) is 18.7 Å². The maximum atomic E-state index is 15.1. The molecule has 0 aromatic heterocycles. The van der Waals surface area contributed by atoms with E-state index in [2.05, 4.69) is 12.2 Å². The molecule has 174 valence electrons. The van der Waals surface area contributed by atoms with Crippen LogP contribution in [0.5, 0.6) is 5.75 Å². The van der Waals surface area contributed by atoms with Crippen molar-refractivity contribution in [3.63, 3.8) is 0 Å². The van der Waals surface area contributed by atoms with E-state index < -0.39 is 29.2 Å². The van der Waals surface area contributed by atoms with Crippen LogP contribution in [-0.4, -0.2) is 25.0 Å². The lowest BCUT2D eigenvalue weighted by molar-refractivity contribution is -0.133. The number of amidine groups is 1. The second kappa shape index (κ2) is 11.2. The number of amides is 1. The van der Waals surface area contributed by atoms with Gasteiger partial charge in [0.25, 0.3) is 5.91 Å². The first kappa shape index (κ1) is 25.5. The van der Waals surface area contributed by atoms with Gasteiger partial charge in [-0.05, 0) is 42.9 Å². The summed E-state index contributed by atoms with van der Waals surface area (Å²) < 4.78 is 40.5. The molecule has 2 aromatic rings. The Balaban J connectivity index is 0.00000363. The van der Waals surface area contributed by atoms with E-state index in [1.807, 2.05) is 0 Å². The number of carbonyl (C=O) groups excluding carboxylic acids is 1. The highest BCUT2D eigenvalue weighted by molar-refractivity contribution is 5.94. The summed E-state index contributed by atoms with van der Waals surface area (Å²) >= 11 is 0. The largest absolute Gasteiger partial charge is 0.490 e. The molecule has 1 saturated carbocycles. The first-order valence-corrected chi connectivity index (χ1v) is 10.2. The Morgan fingerprint density at radius 2 is 1.91 bits per heavy atom. The molecule has 1 amide bonds. The highest BCUT2D eigenvalue weighted by Gasteiger charge is 2.34. The fourth-order valence-corrected chi connectivity index (χ4v) is 3.27. The van der Waals surface area contributed by atoms with Crippen molar-refractivity contribution in [3.8, 4) is 5.75 Å². The zero-order chi connectivity index (χ0) is 22.5. The van der Waals surface area contributed by atoms with E-state index in [9.17, 15) is 9.18 Å². The molecule has 0 bridgehead atoms. The summed E-state index contributed by atoms with van der Waals surface area (Å²) in [5.41, 5.74) is 6.26. The van der Waals surface area contributed by atoms with Gasteiger partial charge in [-0.25, -0.2) is 8.78 Å². The number of nitrogen functional groups attached to an aromatic ring is 1. The monoisotopic (exact) mass is 467 g/mol. The van der Waals surface area contributed by atoms with Gasteiger partial charge < -0.3 is 20.5 Å². The first-order valence-electron chi connectivity index (χ1n) is 10.2. The van der Waals surface area contributed by atoms with Gasteiger partial charge in [-0.2, -0.15) is 0 Å². The number of nitrogens with two attached hydrogens (primary N) is 1. The number of nitrogens with one attached hydrogen (secondary N) is 2. The Kier molecular flexibility index (Phi) is 8.98. The maximum Gasteiger partial charge on any atom is 0.254 e. The number of ether oxygens (including phenoxy) is 2. The average Bonchev–Trinajstić information content (AvgIpc) is 3.46.